The first kappa shape index (κ1) is 9.92. The second kappa shape index (κ2) is 4.18. The van der Waals surface area contributed by atoms with Gasteiger partial charge in [-0.15, -0.1) is 0 Å². The van der Waals surface area contributed by atoms with Crippen molar-refractivity contribution in [3.63, 3.8) is 0 Å². The highest BCUT2D eigenvalue weighted by molar-refractivity contribution is 4.91. The number of aliphatic hydroxyl groups excluding tert-OH is 3. The van der Waals surface area contributed by atoms with E-state index in [0.717, 1.165) is 12.8 Å². The van der Waals surface area contributed by atoms with Gasteiger partial charge in [0.05, 0.1) is 12.2 Å². The second-order valence-electron chi connectivity index (χ2n) is 3.35. The molecule has 1 rings (SSSR count). The Morgan fingerprint density at radius 1 is 1.25 bits per heavy atom. The van der Waals surface area contributed by atoms with E-state index in [1.165, 1.54) is 0 Å². The predicted octanol–water partition coefficient (Wildman–Crippen LogP) is -1.16. The Balaban J connectivity index is 2.46. The molecule has 1 aliphatic heterocycles. The fourth-order valence-electron chi connectivity index (χ4n) is 1.56. The maximum Gasteiger partial charge on any atom is 0.108 e. The Labute approximate surface area is 72.2 Å². The Hall–Kier alpha value is -0.160. The number of hydrogen-bond donors (Lipinski definition) is 4. The minimum absolute atomic E-state index is 0.0756. The number of piperidine rings is 1. The molecule has 1 heterocycles. The Morgan fingerprint density at radius 3 is 2.50 bits per heavy atom. The van der Waals surface area contributed by atoms with E-state index in [4.69, 9.17) is 5.11 Å². The highest BCUT2D eigenvalue weighted by atomic mass is 16.4. The zero-order valence-electron chi connectivity index (χ0n) is 7.27. The van der Waals surface area contributed by atoms with E-state index in [2.05, 4.69) is 5.32 Å². The lowest BCUT2D eigenvalue weighted by Crippen LogP contribution is -2.59. The summed E-state index contributed by atoms with van der Waals surface area (Å²) < 4.78 is 0. The highest BCUT2D eigenvalue weighted by Crippen LogP contribution is 2.13. The summed E-state index contributed by atoms with van der Waals surface area (Å²) in [5.74, 6) is 0. The van der Waals surface area contributed by atoms with Crippen molar-refractivity contribution in [2.75, 3.05) is 6.54 Å². The van der Waals surface area contributed by atoms with Gasteiger partial charge in [-0.25, -0.2) is 0 Å². The fraction of sp³-hybridized carbons (Fsp3) is 1.00. The summed E-state index contributed by atoms with van der Waals surface area (Å²) in [6.45, 7) is 2.38. The van der Waals surface area contributed by atoms with E-state index >= 15 is 0 Å². The van der Waals surface area contributed by atoms with E-state index < -0.39 is 18.3 Å². The zero-order valence-corrected chi connectivity index (χ0v) is 7.27. The molecule has 1 saturated heterocycles. The topological polar surface area (TPSA) is 72.7 Å². The van der Waals surface area contributed by atoms with E-state index in [0.29, 0.717) is 6.54 Å². The number of aliphatic hydroxyl groups is 3. The van der Waals surface area contributed by atoms with Gasteiger partial charge >= 0.3 is 0 Å². The summed E-state index contributed by atoms with van der Waals surface area (Å²) in [7, 11) is 0. The number of β-amino-alcohol motifs (C(OH)–C–C–N with tert-alkyl or cyclic N) is 1. The van der Waals surface area contributed by atoms with E-state index in [1.807, 2.05) is 6.92 Å². The van der Waals surface area contributed by atoms with Crippen LogP contribution in [0.2, 0.25) is 0 Å². The minimum Gasteiger partial charge on any atom is -0.389 e. The van der Waals surface area contributed by atoms with Crippen LogP contribution in [0.3, 0.4) is 0 Å². The van der Waals surface area contributed by atoms with Crippen LogP contribution in [0, 0.1) is 0 Å². The maximum atomic E-state index is 9.47. The second-order valence-corrected chi connectivity index (χ2v) is 3.35. The van der Waals surface area contributed by atoms with Crippen LogP contribution in [0.4, 0.5) is 0 Å². The SMILES string of the molecule is CCC[C@H]1NC[C@@H](O)[C@@H](O)C1O. The van der Waals surface area contributed by atoms with E-state index in [9.17, 15) is 10.2 Å². The Morgan fingerprint density at radius 2 is 1.92 bits per heavy atom. The molecule has 4 atom stereocenters. The van der Waals surface area contributed by atoms with E-state index in [-0.39, 0.29) is 6.04 Å². The third-order valence-electron chi connectivity index (χ3n) is 2.35. The summed E-state index contributed by atoms with van der Waals surface area (Å²) in [4.78, 5) is 0. The van der Waals surface area contributed by atoms with Crippen molar-refractivity contribution in [2.24, 2.45) is 0 Å². The van der Waals surface area contributed by atoms with Gasteiger partial charge in [0.25, 0.3) is 0 Å². The van der Waals surface area contributed by atoms with Crippen LogP contribution in [0.5, 0.6) is 0 Å². The van der Waals surface area contributed by atoms with E-state index in [1.54, 1.807) is 0 Å². The Kier molecular flexibility index (Phi) is 3.46. The molecule has 4 nitrogen and oxygen atoms in total. The van der Waals surface area contributed by atoms with Crippen LogP contribution >= 0.6 is 0 Å². The largest absolute Gasteiger partial charge is 0.389 e. The molecule has 0 amide bonds. The van der Waals surface area contributed by atoms with Crippen LogP contribution < -0.4 is 5.32 Å². The summed E-state index contributed by atoms with van der Waals surface area (Å²) in [6, 6.07) is -0.0756. The van der Waals surface area contributed by atoms with Crippen molar-refractivity contribution in [3.8, 4) is 0 Å². The first-order chi connectivity index (χ1) is 5.66. The molecule has 1 aliphatic rings. The van der Waals surface area contributed by atoms with Crippen LogP contribution in [0.15, 0.2) is 0 Å². The van der Waals surface area contributed by atoms with Gasteiger partial charge in [-0.1, -0.05) is 13.3 Å². The predicted molar refractivity (Wildman–Crippen MR) is 44.7 cm³/mol. The molecule has 0 saturated carbocycles. The third-order valence-corrected chi connectivity index (χ3v) is 2.35. The number of hydrogen-bond acceptors (Lipinski definition) is 4. The fourth-order valence-corrected chi connectivity index (χ4v) is 1.56. The average molecular weight is 175 g/mol. The molecule has 72 valence electrons. The standard InChI is InChI=1S/C8H17NO3/c1-2-3-5-7(11)8(12)6(10)4-9-5/h5-12H,2-4H2,1H3/t5-,6-,7?,8-/m1/s1. The molecule has 0 aromatic carbocycles. The van der Waals surface area contributed by atoms with Gasteiger partial charge < -0.3 is 20.6 Å². The molecule has 0 aliphatic carbocycles. The molecular weight excluding hydrogens is 158 g/mol. The summed E-state index contributed by atoms with van der Waals surface area (Å²) >= 11 is 0. The molecule has 4 heteroatoms. The quantitative estimate of drug-likeness (QED) is 0.427. The normalized spacial score (nSPS) is 43.0. The minimum atomic E-state index is -0.997. The van der Waals surface area contributed by atoms with Gasteiger partial charge in [-0.05, 0) is 6.42 Å². The van der Waals surface area contributed by atoms with Crippen LogP contribution in [0.25, 0.3) is 0 Å². The van der Waals surface area contributed by atoms with Crippen molar-refractivity contribution in [1.82, 2.24) is 5.32 Å². The summed E-state index contributed by atoms with van der Waals surface area (Å²) in [5, 5.41) is 30.9. The molecule has 0 aromatic rings. The monoisotopic (exact) mass is 175 g/mol. The molecule has 0 bridgehead atoms. The molecule has 1 fully saturated rings. The summed E-state index contributed by atoms with van der Waals surface area (Å²) in [5.41, 5.74) is 0. The smallest absolute Gasteiger partial charge is 0.108 e. The number of nitrogens with one attached hydrogen (secondary N) is 1. The lowest BCUT2D eigenvalue weighted by molar-refractivity contribution is -0.0950. The lowest BCUT2D eigenvalue weighted by Gasteiger charge is -2.36. The van der Waals surface area contributed by atoms with Crippen molar-refractivity contribution in [2.45, 2.75) is 44.1 Å². The van der Waals surface area contributed by atoms with Gasteiger partial charge in [0.15, 0.2) is 0 Å². The Bertz CT molecular complexity index is 142. The van der Waals surface area contributed by atoms with Crippen LogP contribution in [-0.4, -0.2) is 46.2 Å². The third kappa shape index (κ3) is 1.95. The first-order valence-corrected chi connectivity index (χ1v) is 4.44. The molecule has 0 radical (unpaired) electrons. The molecule has 12 heavy (non-hydrogen) atoms. The molecule has 4 N–H and O–H groups in total. The van der Waals surface area contributed by atoms with Gasteiger partial charge in [0.1, 0.15) is 6.10 Å². The molecule has 0 aromatic heterocycles. The molecule has 1 unspecified atom stereocenters. The van der Waals surface area contributed by atoms with Crippen molar-refractivity contribution in [1.29, 1.82) is 0 Å². The van der Waals surface area contributed by atoms with Crippen LogP contribution in [0.1, 0.15) is 19.8 Å². The number of rotatable bonds is 2. The highest BCUT2D eigenvalue weighted by Gasteiger charge is 2.35. The first-order valence-electron chi connectivity index (χ1n) is 4.44. The molecular formula is C8H17NO3. The van der Waals surface area contributed by atoms with Gasteiger partial charge in [0, 0.05) is 12.6 Å². The maximum absolute atomic E-state index is 9.47. The van der Waals surface area contributed by atoms with Gasteiger partial charge in [0.2, 0.25) is 0 Å². The van der Waals surface area contributed by atoms with Crippen LogP contribution in [-0.2, 0) is 0 Å². The average Bonchev–Trinajstić information content (AvgIpc) is 2.07. The van der Waals surface area contributed by atoms with Gasteiger partial charge in [-0.3, -0.25) is 0 Å². The van der Waals surface area contributed by atoms with Gasteiger partial charge in [-0.2, -0.15) is 0 Å². The van der Waals surface area contributed by atoms with Crippen molar-refractivity contribution < 1.29 is 15.3 Å². The molecule has 0 spiro atoms. The van der Waals surface area contributed by atoms with Crippen molar-refractivity contribution >= 4 is 0 Å². The zero-order chi connectivity index (χ0) is 9.14. The summed E-state index contributed by atoms with van der Waals surface area (Å²) in [6.07, 6.45) is -0.896. The lowest BCUT2D eigenvalue weighted by atomic mass is 9.93. The van der Waals surface area contributed by atoms with Crippen molar-refractivity contribution in [3.05, 3.63) is 0 Å².